The summed E-state index contributed by atoms with van der Waals surface area (Å²) >= 11 is 5.97. The number of amides is 1. The molecule has 0 radical (unpaired) electrons. The fourth-order valence-electron chi connectivity index (χ4n) is 1.94. The Morgan fingerprint density at radius 1 is 1.48 bits per heavy atom. The Morgan fingerprint density at radius 3 is 2.90 bits per heavy atom. The van der Waals surface area contributed by atoms with Crippen molar-refractivity contribution in [1.82, 2.24) is 10.2 Å². The largest absolute Gasteiger partial charge is 0.382 e. The van der Waals surface area contributed by atoms with Crippen molar-refractivity contribution in [1.29, 1.82) is 0 Å². The van der Waals surface area contributed by atoms with E-state index in [2.05, 4.69) is 5.32 Å². The SMILES string of the molecule is CCOCCCNC(=O)C(C)N(C)Cc1cccc(Cl)c1. The van der Waals surface area contributed by atoms with Crippen molar-refractivity contribution in [3.63, 3.8) is 0 Å². The van der Waals surface area contributed by atoms with Crippen LogP contribution in [-0.2, 0) is 16.1 Å². The molecule has 0 spiro atoms. The van der Waals surface area contributed by atoms with Crippen molar-refractivity contribution in [3.8, 4) is 0 Å². The summed E-state index contributed by atoms with van der Waals surface area (Å²) in [5.74, 6) is 0.0380. The van der Waals surface area contributed by atoms with Crippen molar-refractivity contribution in [2.45, 2.75) is 32.9 Å². The summed E-state index contributed by atoms with van der Waals surface area (Å²) in [5.41, 5.74) is 1.10. The Morgan fingerprint density at radius 2 is 2.24 bits per heavy atom. The van der Waals surface area contributed by atoms with Crippen LogP contribution in [0.4, 0.5) is 0 Å². The van der Waals surface area contributed by atoms with Gasteiger partial charge in [-0.3, -0.25) is 9.69 Å². The molecule has 0 bridgehead atoms. The maximum absolute atomic E-state index is 12.1. The van der Waals surface area contributed by atoms with Crippen molar-refractivity contribution in [2.24, 2.45) is 0 Å². The van der Waals surface area contributed by atoms with Crippen LogP contribution in [0, 0.1) is 0 Å². The van der Waals surface area contributed by atoms with Crippen LogP contribution in [0.15, 0.2) is 24.3 Å². The lowest BCUT2D eigenvalue weighted by atomic mass is 10.2. The minimum absolute atomic E-state index is 0.0380. The number of hydrogen-bond acceptors (Lipinski definition) is 3. The van der Waals surface area contributed by atoms with Gasteiger partial charge in [-0.25, -0.2) is 0 Å². The number of rotatable bonds is 9. The molecule has 4 nitrogen and oxygen atoms in total. The lowest BCUT2D eigenvalue weighted by Crippen LogP contribution is -2.43. The highest BCUT2D eigenvalue weighted by Crippen LogP contribution is 2.13. The number of carbonyl (C=O) groups is 1. The topological polar surface area (TPSA) is 41.6 Å². The number of carbonyl (C=O) groups excluding carboxylic acids is 1. The van der Waals surface area contributed by atoms with Crippen molar-refractivity contribution >= 4 is 17.5 Å². The minimum Gasteiger partial charge on any atom is -0.382 e. The molecule has 118 valence electrons. The zero-order chi connectivity index (χ0) is 15.7. The molecule has 0 saturated carbocycles. The predicted molar refractivity (Wildman–Crippen MR) is 86.5 cm³/mol. The van der Waals surface area contributed by atoms with Crippen LogP contribution in [0.1, 0.15) is 25.8 Å². The van der Waals surface area contributed by atoms with E-state index in [-0.39, 0.29) is 11.9 Å². The summed E-state index contributed by atoms with van der Waals surface area (Å²) in [4.78, 5) is 14.1. The molecule has 0 heterocycles. The standard InChI is InChI=1S/C16H25ClN2O2/c1-4-21-10-6-9-18-16(20)13(2)19(3)12-14-7-5-8-15(17)11-14/h5,7-8,11,13H,4,6,9-10,12H2,1-3H3,(H,18,20). The van der Waals surface area contributed by atoms with Crippen molar-refractivity contribution in [3.05, 3.63) is 34.9 Å². The number of nitrogens with one attached hydrogen (secondary N) is 1. The fraction of sp³-hybridized carbons (Fsp3) is 0.562. The number of hydrogen-bond donors (Lipinski definition) is 1. The van der Waals surface area contributed by atoms with Crippen molar-refractivity contribution in [2.75, 3.05) is 26.8 Å². The molecule has 0 fully saturated rings. The minimum atomic E-state index is -0.184. The highest BCUT2D eigenvalue weighted by Gasteiger charge is 2.17. The van der Waals surface area contributed by atoms with Crippen LogP contribution in [-0.4, -0.2) is 43.7 Å². The molecule has 1 rings (SSSR count). The van der Waals surface area contributed by atoms with Gasteiger partial charge in [-0.05, 0) is 45.0 Å². The number of ether oxygens (including phenoxy) is 1. The summed E-state index contributed by atoms with van der Waals surface area (Å²) in [7, 11) is 1.94. The first-order valence-electron chi connectivity index (χ1n) is 7.34. The zero-order valence-corrected chi connectivity index (χ0v) is 13.8. The lowest BCUT2D eigenvalue weighted by molar-refractivity contribution is -0.125. The molecule has 1 atom stereocenters. The quantitative estimate of drug-likeness (QED) is 0.713. The van der Waals surface area contributed by atoms with Gasteiger partial charge in [-0.1, -0.05) is 23.7 Å². The Hall–Kier alpha value is -1.10. The molecule has 0 aromatic heterocycles. The number of nitrogens with zero attached hydrogens (tertiary/aromatic N) is 1. The Balaban J connectivity index is 2.35. The average molecular weight is 313 g/mol. The van der Waals surface area contributed by atoms with E-state index in [1.165, 1.54) is 0 Å². The van der Waals surface area contributed by atoms with Crippen LogP contribution >= 0.6 is 11.6 Å². The Bertz CT molecular complexity index is 440. The Labute approximate surface area is 132 Å². The lowest BCUT2D eigenvalue weighted by Gasteiger charge is -2.24. The second-order valence-electron chi connectivity index (χ2n) is 5.06. The number of halogens is 1. The second-order valence-corrected chi connectivity index (χ2v) is 5.50. The smallest absolute Gasteiger partial charge is 0.237 e. The van der Waals surface area contributed by atoms with Gasteiger partial charge in [0, 0.05) is 31.3 Å². The van der Waals surface area contributed by atoms with Gasteiger partial charge in [-0.2, -0.15) is 0 Å². The van der Waals surface area contributed by atoms with Gasteiger partial charge in [0.25, 0.3) is 0 Å². The third kappa shape index (κ3) is 6.93. The summed E-state index contributed by atoms with van der Waals surface area (Å²) < 4.78 is 5.24. The first-order chi connectivity index (χ1) is 10.0. The molecule has 1 aromatic rings. The van der Waals surface area contributed by atoms with E-state index in [9.17, 15) is 4.79 Å². The van der Waals surface area contributed by atoms with Gasteiger partial charge in [-0.15, -0.1) is 0 Å². The maximum Gasteiger partial charge on any atom is 0.237 e. The van der Waals surface area contributed by atoms with E-state index in [1.54, 1.807) is 0 Å². The first-order valence-corrected chi connectivity index (χ1v) is 7.72. The second kappa shape index (κ2) is 9.77. The van der Waals surface area contributed by atoms with Gasteiger partial charge in [0.1, 0.15) is 0 Å². The molecular weight excluding hydrogens is 288 g/mol. The molecule has 21 heavy (non-hydrogen) atoms. The highest BCUT2D eigenvalue weighted by atomic mass is 35.5. The molecule has 0 aliphatic rings. The van der Waals surface area contributed by atoms with Crippen LogP contribution in [0.25, 0.3) is 0 Å². The summed E-state index contributed by atoms with van der Waals surface area (Å²) in [6.07, 6.45) is 0.838. The normalized spacial score (nSPS) is 12.4. The van der Waals surface area contributed by atoms with E-state index >= 15 is 0 Å². The molecular formula is C16H25ClN2O2. The number of likely N-dealkylation sites (N-methyl/N-ethyl adjacent to an activating group) is 1. The van der Waals surface area contributed by atoms with Crippen LogP contribution in [0.3, 0.4) is 0 Å². The zero-order valence-electron chi connectivity index (χ0n) is 13.1. The first kappa shape index (κ1) is 18.0. The summed E-state index contributed by atoms with van der Waals surface area (Å²) in [5, 5.41) is 3.65. The van der Waals surface area contributed by atoms with E-state index in [0.29, 0.717) is 31.3 Å². The molecule has 1 unspecified atom stereocenters. The summed E-state index contributed by atoms with van der Waals surface area (Å²) in [6, 6.07) is 7.51. The Kier molecular flexibility index (Phi) is 8.35. The molecule has 0 saturated heterocycles. The third-order valence-electron chi connectivity index (χ3n) is 3.33. The predicted octanol–water partition coefficient (Wildman–Crippen LogP) is 2.70. The molecule has 0 aliphatic heterocycles. The fourth-order valence-corrected chi connectivity index (χ4v) is 2.15. The molecule has 1 amide bonds. The molecule has 0 aliphatic carbocycles. The van der Waals surface area contributed by atoms with E-state index < -0.39 is 0 Å². The molecule has 1 N–H and O–H groups in total. The van der Waals surface area contributed by atoms with Crippen LogP contribution < -0.4 is 5.32 Å². The van der Waals surface area contributed by atoms with Gasteiger partial charge in [0.2, 0.25) is 5.91 Å². The van der Waals surface area contributed by atoms with Gasteiger partial charge in [0.05, 0.1) is 6.04 Å². The van der Waals surface area contributed by atoms with Gasteiger partial charge >= 0.3 is 0 Å². The maximum atomic E-state index is 12.1. The highest BCUT2D eigenvalue weighted by molar-refractivity contribution is 6.30. The van der Waals surface area contributed by atoms with E-state index in [4.69, 9.17) is 16.3 Å². The van der Waals surface area contributed by atoms with Gasteiger partial charge in [0.15, 0.2) is 0 Å². The molecule has 1 aromatic carbocycles. The average Bonchev–Trinajstić information content (AvgIpc) is 2.46. The van der Waals surface area contributed by atoms with E-state index in [0.717, 1.165) is 12.0 Å². The van der Waals surface area contributed by atoms with E-state index in [1.807, 2.05) is 50.1 Å². The number of benzene rings is 1. The molecule has 5 heteroatoms. The third-order valence-corrected chi connectivity index (χ3v) is 3.57. The van der Waals surface area contributed by atoms with Gasteiger partial charge < -0.3 is 10.1 Å². The van der Waals surface area contributed by atoms with Crippen LogP contribution in [0.2, 0.25) is 5.02 Å². The van der Waals surface area contributed by atoms with Crippen molar-refractivity contribution < 1.29 is 9.53 Å². The summed E-state index contributed by atoms with van der Waals surface area (Å²) in [6.45, 7) is 6.60. The monoisotopic (exact) mass is 312 g/mol. The van der Waals surface area contributed by atoms with Crippen LogP contribution in [0.5, 0.6) is 0 Å².